The third kappa shape index (κ3) is 3.64. The van der Waals surface area contributed by atoms with Gasteiger partial charge in [0.2, 0.25) is 0 Å². The lowest BCUT2D eigenvalue weighted by Crippen LogP contribution is -2.17. The van der Waals surface area contributed by atoms with E-state index in [1.54, 1.807) is 6.33 Å². The summed E-state index contributed by atoms with van der Waals surface area (Å²) >= 11 is 0. The molecule has 4 nitrogen and oxygen atoms in total. The first-order valence-corrected chi connectivity index (χ1v) is 6.87. The Labute approximate surface area is 114 Å². The van der Waals surface area contributed by atoms with Crippen molar-refractivity contribution in [3.63, 3.8) is 0 Å². The molecular formula is C15H22N4. The van der Waals surface area contributed by atoms with Crippen LogP contribution >= 0.6 is 0 Å². The summed E-state index contributed by atoms with van der Waals surface area (Å²) in [4.78, 5) is 4.24. The van der Waals surface area contributed by atoms with Gasteiger partial charge in [-0.2, -0.15) is 5.10 Å². The van der Waals surface area contributed by atoms with E-state index in [9.17, 15) is 0 Å². The van der Waals surface area contributed by atoms with Crippen molar-refractivity contribution in [1.29, 1.82) is 0 Å². The van der Waals surface area contributed by atoms with E-state index in [1.165, 1.54) is 11.1 Å². The van der Waals surface area contributed by atoms with Crippen LogP contribution in [0.4, 0.5) is 0 Å². The molecule has 102 valence electrons. The predicted molar refractivity (Wildman–Crippen MR) is 76.8 cm³/mol. The number of hydrogen-bond donors (Lipinski definition) is 1. The van der Waals surface area contributed by atoms with Crippen LogP contribution in [0.5, 0.6) is 0 Å². The van der Waals surface area contributed by atoms with Crippen LogP contribution in [-0.4, -0.2) is 14.8 Å². The molecule has 1 aromatic heterocycles. The van der Waals surface area contributed by atoms with Crippen molar-refractivity contribution in [3.8, 4) is 0 Å². The molecular weight excluding hydrogens is 236 g/mol. The van der Waals surface area contributed by atoms with E-state index in [0.29, 0.717) is 5.92 Å². The molecule has 0 atom stereocenters. The largest absolute Gasteiger partial charge is 0.306 e. The van der Waals surface area contributed by atoms with E-state index >= 15 is 0 Å². The maximum absolute atomic E-state index is 4.24. The zero-order valence-electron chi connectivity index (χ0n) is 11.9. The second-order valence-corrected chi connectivity index (χ2v) is 4.99. The van der Waals surface area contributed by atoms with Gasteiger partial charge in [-0.1, -0.05) is 38.1 Å². The molecule has 4 heteroatoms. The van der Waals surface area contributed by atoms with Gasteiger partial charge in [0, 0.05) is 13.1 Å². The zero-order chi connectivity index (χ0) is 13.7. The van der Waals surface area contributed by atoms with Crippen LogP contribution in [0.15, 0.2) is 30.6 Å². The third-order valence-corrected chi connectivity index (χ3v) is 3.25. The summed E-state index contributed by atoms with van der Waals surface area (Å²) < 4.78 is 1.91. The smallest absolute Gasteiger partial charge is 0.140 e. The summed E-state index contributed by atoms with van der Waals surface area (Å²) in [6, 6.07) is 8.78. The fourth-order valence-electron chi connectivity index (χ4n) is 2.03. The monoisotopic (exact) mass is 258 g/mol. The van der Waals surface area contributed by atoms with E-state index in [4.69, 9.17) is 0 Å². The molecule has 0 saturated heterocycles. The number of nitrogens with one attached hydrogen (secondary N) is 1. The molecule has 0 radical (unpaired) electrons. The van der Waals surface area contributed by atoms with Gasteiger partial charge < -0.3 is 5.32 Å². The molecule has 0 saturated carbocycles. The molecule has 19 heavy (non-hydrogen) atoms. The summed E-state index contributed by atoms with van der Waals surface area (Å²) in [5.41, 5.74) is 2.68. The van der Waals surface area contributed by atoms with Gasteiger partial charge >= 0.3 is 0 Å². The number of aryl methyl sites for hydroxylation is 1. The Hall–Kier alpha value is -1.68. The van der Waals surface area contributed by atoms with E-state index in [1.807, 2.05) is 4.68 Å². The molecule has 0 aliphatic carbocycles. The maximum atomic E-state index is 4.24. The van der Waals surface area contributed by atoms with Crippen molar-refractivity contribution in [2.24, 2.45) is 0 Å². The Bertz CT molecular complexity index is 499. The summed E-state index contributed by atoms with van der Waals surface area (Å²) in [6.07, 6.45) is 1.61. The third-order valence-electron chi connectivity index (χ3n) is 3.25. The fraction of sp³-hybridized carbons (Fsp3) is 0.467. The molecule has 1 aromatic carbocycles. The van der Waals surface area contributed by atoms with Crippen LogP contribution in [0.25, 0.3) is 0 Å². The maximum Gasteiger partial charge on any atom is 0.140 e. The fourth-order valence-corrected chi connectivity index (χ4v) is 2.03. The lowest BCUT2D eigenvalue weighted by atomic mass is 10.0. The second-order valence-electron chi connectivity index (χ2n) is 4.99. The van der Waals surface area contributed by atoms with Gasteiger partial charge in [0.1, 0.15) is 12.2 Å². The molecule has 0 aliphatic rings. The van der Waals surface area contributed by atoms with Crippen LogP contribution in [0, 0.1) is 0 Å². The van der Waals surface area contributed by atoms with Crippen molar-refractivity contribution < 1.29 is 0 Å². The second kappa shape index (κ2) is 6.48. The summed E-state index contributed by atoms with van der Waals surface area (Å²) in [7, 11) is 0. The molecule has 0 aliphatic heterocycles. The molecule has 0 unspecified atom stereocenters. The van der Waals surface area contributed by atoms with Crippen molar-refractivity contribution in [2.45, 2.75) is 46.3 Å². The zero-order valence-corrected chi connectivity index (χ0v) is 11.9. The predicted octanol–water partition coefficient (Wildman–Crippen LogP) is 2.71. The van der Waals surface area contributed by atoms with Gasteiger partial charge in [0.25, 0.3) is 0 Å². The topological polar surface area (TPSA) is 42.7 Å². The van der Waals surface area contributed by atoms with Gasteiger partial charge in [-0.05, 0) is 24.0 Å². The van der Waals surface area contributed by atoms with Crippen LogP contribution in [-0.2, 0) is 19.6 Å². The Morgan fingerprint density at radius 2 is 1.89 bits per heavy atom. The minimum Gasteiger partial charge on any atom is -0.306 e. The average molecular weight is 258 g/mol. The van der Waals surface area contributed by atoms with Crippen molar-refractivity contribution >= 4 is 0 Å². The summed E-state index contributed by atoms with van der Waals surface area (Å²) in [5, 5.41) is 7.56. The highest BCUT2D eigenvalue weighted by molar-refractivity contribution is 5.24. The van der Waals surface area contributed by atoms with Crippen molar-refractivity contribution in [3.05, 3.63) is 47.5 Å². The first kappa shape index (κ1) is 13.7. The number of rotatable bonds is 6. The Kier molecular flexibility index (Phi) is 4.68. The van der Waals surface area contributed by atoms with E-state index in [-0.39, 0.29) is 0 Å². The lowest BCUT2D eigenvalue weighted by molar-refractivity contribution is 0.572. The number of benzene rings is 1. The van der Waals surface area contributed by atoms with Gasteiger partial charge in [0.15, 0.2) is 0 Å². The standard InChI is InChI=1S/C15H22N4/c1-4-19-15(17-11-18-19)10-16-9-13-5-7-14(8-6-13)12(2)3/h5-8,11-12,16H,4,9-10H2,1-3H3. The average Bonchev–Trinajstić information content (AvgIpc) is 2.87. The highest BCUT2D eigenvalue weighted by Crippen LogP contribution is 2.14. The minimum atomic E-state index is 0.588. The van der Waals surface area contributed by atoms with Crippen LogP contribution in [0.3, 0.4) is 0 Å². The molecule has 0 spiro atoms. The van der Waals surface area contributed by atoms with E-state index in [2.05, 4.69) is 60.4 Å². The first-order valence-electron chi connectivity index (χ1n) is 6.87. The van der Waals surface area contributed by atoms with Crippen LogP contribution in [0.2, 0.25) is 0 Å². The molecule has 1 heterocycles. The molecule has 0 amide bonds. The normalized spacial score (nSPS) is 11.2. The lowest BCUT2D eigenvalue weighted by Gasteiger charge is -2.08. The van der Waals surface area contributed by atoms with Gasteiger partial charge in [-0.3, -0.25) is 0 Å². The Morgan fingerprint density at radius 1 is 1.16 bits per heavy atom. The summed E-state index contributed by atoms with van der Waals surface area (Å²) in [5.74, 6) is 1.58. The first-order chi connectivity index (χ1) is 9.20. The summed E-state index contributed by atoms with van der Waals surface area (Å²) in [6.45, 7) is 8.97. The van der Waals surface area contributed by atoms with Crippen molar-refractivity contribution in [2.75, 3.05) is 0 Å². The van der Waals surface area contributed by atoms with Gasteiger partial charge in [-0.25, -0.2) is 9.67 Å². The van der Waals surface area contributed by atoms with E-state index in [0.717, 1.165) is 25.5 Å². The SMILES string of the molecule is CCn1ncnc1CNCc1ccc(C(C)C)cc1. The molecule has 0 fully saturated rings. The molecule has 0 bridgehead atoms. The number of aromatic nitrogens is 3. The number of nitrogens with zero attached hydrogens (tertiary/aromatic N) is 3. The molecule has 2 aromatic rings. The Morgan fingerprint density at radius 3 is 2.53 bits per heavy atom. The van der Waals surface area contributed by atoms with Gasteiger partial charge in [-0.15, -0.1) is 0 Å². The number of hydrogen-bond acceptors (Lipinski definition) is 3. The molecule has 1 N–H and O–H groups in total. The molecule has 2 rings (SSSR count). The van der Waals surface area contributed by atoms with Crippen LogP contribution in [0.1, 0.15) is 43.6 Å². The Balaban J connectivity index is 1.85. The van der Waals surface area contributed by atoms with E-state index < -0.39 is 0 Å². The quantitative estimate of drug-likeness (QED) is 0.866. The minimum absolute atomic E-state index is 0.588. The highest BCUT2D eigenvalue weighted by atomic mass is 15.3. The van der Waals surface area contributed by atoms with Crippen LogP contribution < -0.4 is 5.32 Å². The van der Waals surface area contributed by atoms with Gasteiger partial charge in [0.05, 0.1) is 6.54 Å². The highest BCUT2D eigenvalue weighted by Gasteiger charge is 2.02. The van der Waals surface area contributed by atoms with Crippen molar-refractivity contribution in [1.82, 2.24) is 20.1 Å².